The highest BCUT2D eigenvalue weighted by molar-refractivity contribution is 9.08. The maximum atomic E-state index is 5.99. The molecule has 1 aromatic heterocycles. The maximum absolute atomic E-state index is 5.99. The number of alkyl halides is 1. The molecule has 1 heterocycles. The van der Waals surface area contributed by atoms with E-state index in [4.69, 9.17) is 17.3 Å². The van der Waals surface area contributed by atoms with Crippen LogP contribution < -0.4 is 5.73 Å². The van der Waals surface area contributed by atoms with Crippen LogP contribution in [0.5, 0.6) is 0 Å². The van der Waals surface area contributed by atoms with Crippen LogP contribution in [0.15, 0.2) is 17.5 Å². The molecule has 4 heteroatoms. The van der Waals surface area contributed by atoms with Gasteiger partial charge in [0.05, 0.1) is 5.02 Å². The van der Waals surface area contributed by atoms with Crippen molar-refractivity contribution in [3.8, 4) is 0 Å². The largest absolute Gasteiger partial charge is 0.398 e. The van der Waals surface area contributed by atoms with Gasteiger partial charge in [0.1, 0.15) is 0 Å². The van der Waals surface area contributed by atoms with Gasteiger partial charge in [-0.2, -0.15) is 0 Å². The van der Waals surface area contributed by atoms with Crippen LogP contribution in [0.3, 0.4) is 0 Å². The quantitative estimate of drug-likeness (QED) is 0.617. The Bertz CT molecular complexity index is 452. The molecule has 0 saturated heterocycles. The molecule has 0 spiro atoms. The van der Waals surface area contributed by atoms with E-state index in [1.807, 2.05) is 11.4 Å². The molecule has 0 aliphatic heterocycles. The Balaban J connectivity index is 2.79. The second-order valence-corrected chi connectivity index (χ2v) is 4.65. The van der Waals surface area contributed by atoms with Gasteiger partial charge >= 0.3 is 0 Å². The Labute approximate surface area is 93.6 Å². The molecule has 0 saturated carbocycles. The van der Waals surface area contributed by atoms with Crippen molar-refractivity contribution in [2.45, 2.75) is 5.33 Å². The van der Waals surface area contributed by atoms with Crippen molar-refractivity contribution in [1.82, 2.24) is 0 Å². The van der Waals surface area contributed by atoms with Crippen LogP contribution in [0.1, 0.15) is 5.56 Å². The average Bonchev–Trinajstić information content (AvgIpc) is 2.48. The first kappa shape index (κ1) is 9.31. The Kier molecular flexibility index (Phi) is 2.49. The number of benzene rings is 1. The number of anilines is 1. The number of halogens is 2. The van der Waals surface area contributed by atoms with Gasteiger partial charge in [-0.25, -0.2) is 0 Å². The van der Waals surface area contributed by atoms with Gasteiger partial charge in [0, 0.05) is 26.5 Å². The third kappa shape index (κ3) is 1.56. The molecule has 0 amide bonds. The molecule has 68 valence electrons. The monoisotopic (exact) mass is 275 g/mol. The molecule has 0 radical (unpaired) electrons. The summed E-state index contributed by atoms with van der Waals surface area (Å²) >= 11 is 11.0. The lowest BCUT2D eigenvalue weighted by molar-refractivity contribution is 1.47. The Morgan fingerprint density at radius 2 is 2.23 bits per heavy atom. The fourth-order valence-electron chi connectivity index (χ4n) is 1.30. The van der Waals surface area contributed by atoms with E-state index in [9.17, 15) is 0 Å². The van der Waals surface area contributed by atoms with Crippen molar-refractivity contribution in [3.63, 3.8) is 0 Å². The van der Waals surface area contributed by atoms with Crippen molar-refractivity contribution in [1.29, 1.82) is 0 Å². The predicted octanol–water partition coefficient (Wildman–Crippen LogP) is 4.03. The first-order chi connectivity index (χ1) is 6.22. The van der Waals surface area contributed by atoms with Crippen molar-refractivity contribution in [2.75, 3.05) is 5.73 Å². The lowest BCUT2D eigenvalue weighted by Crippen LogP contribution is -1.87. The Morgan fingerprint density at radius 1 is 1.46 bits per heavy atom. The lowest BCUT2D eigenvalue weighted by atomic mass is 10.1. The van der Waals surface area contributed by atoms with Gasteiger partial charge in [0.2, 0.25) is 0 Å². The summed E-state index contributed by atoms with van der Waals surface area (Å²) in [6.45, 7) is 0. The molecule has 1 nitrogen and oxygen atoms in total. The fourth-order valence-corrected chi connectivity index (χ4v) is 2.93. The molecule has 2 rings (SSSR count). The normalized spacial score (nSPS) is 10.9. The first-order valence-electron chi connectivity index (χ1n) is 3.73. The molecule has 0 atom stereocenters. The summed E-state index contributed by atoms with van der Waals surface area (Å²) < 4.78 is 1.15. The molecule has 13 heavy (non-hydrogen) atoms. The van der Waals surface area contributed by atoms with Gasteiger partial charge in [-0.15, -0.1) is 11.3 Å². The van der Waals surface area contributed by atoms with E-state index >= 15 is 0 Å². The standard InChI is InChI=1S/C9H7BrClNS/c10-3-5-1-7(12)9-6(11)4-13-8(9)2-5/h1-2,4H,3,12H2. The topological polar surface area (TPSA) is 26.0 Å². The van der Waals surface area contributed by atoms with Crippen molar-refractivity contribution in [2.24, 2.45) is 0 Å². The van der Waals surface area contributed by atoms with Gasteiger partial charge in [-0.05, 0) is 17.7 Å². The van der Waals surface area contributed by atoms with Crippen LogP contribution in [-0.2, 0) is 5.33 Å². The van der Waals surface area contributed by atoms with E-state index in [2.05, 4.69) is 22.0 Å². The minimum absolute atomic E-state index is 0.749. The van der Waals surface area contributed by atoms with Crippen molar-refractivity contribution < 1.29 is 0 Å². The summed E-state index contributed by atoms with van der Waals surface area (Å²) in [6, 6.07) is 4.06. The fraction of sp³-hybridized carbons (Fsp3) is 0.111. The zero-order valence-electron chi connectivity index (χ0n) is 6.68. The number of nitrogen functional groups attached to an aromatic ring is 1. The third-order valence-corrected chi connectivity index (χ3v) is 3.88. The van der Waals surface area contributed by atoms with E-state index < -0.39 is 0 Å². The summed E-state index contributed by atoms with van der Waals surface area (Å²) in [5.41, 5.74) is 7.83. The number of rotatable bonds is 1. The van der Waals surface area contributed by atoms with Crippen LogP contribution in [0.25, 0.3) is 10.1 Å². The first-order valence-corrected chi connectivity index (χ1v) is 6.11. The van der Waals surface area contributed by atoms with E-state index in [-0.39, 0.29) is 0 Å². The number of thiophene rings is 1. The van der Waals surface area contributed by atoms with E-state index in [0.717, 1.165) is 26.1 Å². The number of hydrogen-bond acceptors (Lipinski definition) is 2. The smallest absolute Gasteiger partial charge is 0.0612 e. The Hall–Kier alpha value is -0.250. The second kappa shape index (κ2) is 3.48. The van der Waals surface area contributed by atoms with E-state index in [1.165, 1.54) is 5.56 Å². The summed E-state index contributed by atoms with van der Waals surface area (Å²) in [5.74, 6) is 0. The molecule has 0 unspecified atom stereocenters. The van der Waals surface area contributed by atoms with Gasteiger partial charge in [0.25, 0.3) is 0 Å². The highest BCUT2D eigenvalue weighted by atomic mass is 79.9. The predicted molar refractivity (Wildman–Crippen MR) is 63.9 cm³/mol. The number of nitrogens with two attached hydrogens (primary N) is 1. The van der Waals surface area contributed by atoms with Crippen LogP contribution in [0, 0.1) is 0 Å². The van der Waals surface area contributed by atoms with Gasteiger partial charge in [0.15, 0.2) is 0 Å². The SMILES string of the molecule is Nc1cc(CBr)cc2scc(Cl)c12. The molecule has 2 aromatic rings. The Morgan fingerprint density at radius 3 is 2.92 bits per heavy atom. The summed E-state index contributed by atoms with van der Waals surface area (Å²) in [7, 11) is 0. The molecule has 1 aromatic carbocycles. The summed E-state index contributed by atoms with van der Waals surface area (Å²) in [6.07, 6.45) is 0. The zero-order valence-corrected chi connectivity index (χ0v) is 9.84. The molecular weight excluding hydrogens is 270 g/mol. The van der Waals surface area contributed by atoms with Crippen molar-refractivity contribution in [3.05, 3.63) is 28.1 Å². The highest BCUT2D eigenvalue weighted by Gasteiger charge is 2.06. The van der Waals surface area contributed by atoms with Crippen LogP contribution >= 0.6 is 38.9 Å². The maximum Gasteiger partial charge on any atom is 0.0612 e. The minimum Gasteiger partial charge on any atom is -0.398 e. The molecular formula is C9H7BrClNS. The second-order valence-electron chi connectivity index (χ2n) is 2.78. The number of fused-ring (bicyclic) bond motifs is 1. The third-order valence-electron chi connectivity index (χ3n) is 1.87. The lowest BCUT2D eigenvalue weighted by Gasteiger charge is -2.00. The average molecular weight is 277 g/mol. The summed E-state index contributed by atoms with van der Waals surface area (Å²) in [4.78, 5) is 0. The highest BCUT2D eigenvalue weighted by Crippen LogP contribution is 2.35. The van der Waals surface area contributed by atoms with E-state index in [0.29, 0.717) is 0 Å². The van der Waals surface area contributed by atoms with Gasteiger partial charge in [-0.1, -0.05) is 27.5 Å². The van der Waals surface area contributed by atoms with Crippen LogP contribution in [0.4, 0.5) is 5.69 Å². The van der Waals surface area contributed by atoms with Gasteiger partial charge in [-0.3, -0.25) is 0 Å². The molecule has 0 fully saturated rings. The molecule has 0 bridgehead atoms. The van der Waals surface area contributed by atoms with E-state index in [1.54, 1.807) is 11.3 Å². The van der Waals surface area contributed by atoms with Crippen molar-refractivity contribution >= 4 is 54.6 Å². The minimum atomic E-state index is 0.749. The molecule has 2 N–H and O–H groups in total. The molecule has 0 aliphatic rings. The van der Waals surface area contributed by atoms with Gasteiger partial charge < -0.3 is 5.73 Å². The zero-order chi connectivity index (χ0) is 9.42. The van der Waals surface area contributed by atoms with Crippen LogP contribution in [0.2, 0.25) is 5.02 Å². The van der Waals surface area contributed by atoms with Crippen LogP contribution in [-0.4, -0.2) is 0 Å². The molecule has 0 aliphatic carbocycles. The summed E-state index contributed by atoms with van der Waals surface area (Å²) in [5, 5.41) is 4.47. The number of hydrogen-bond donors (Lipinski definition) is 1.